The molecule has 166 valence electrons. The van der Waals surface area contributed by atoms with Crippen molar-refractivity contribution in [2.24, 2.45) is 0 Å². The lowest BCUT2D eigenvalue weighted by Gasteiger charge is -2.17. The number of hydrogen-bond acceptors (Lipinski definition) is 8. The van der Waals surface area contributed by atoms with Crippen molar-refractivity contribution < 1.29 is 28.6 Å². The van der Waals surface area contributed by atoms with Gasteiger partial charge in [-0.1, -0.05) is 36.3 Å². The van der Waals surface area contributed by atoms with Crippen molar-refractivity contribution >= 4 is 17.7 Å². The number of hydrogen-bond donors (Lipinski definition) is 1. The molecule has 1 aromatic heterocycles. The van der Waals surface area contributed by atoms with Crippen LogP contribution in [0.25, 0.3) is 0 Å². The van der Waals surface area contributed by atoms with Gasteiger partial charge in [0.25, 0.3) is 5.56 Å². The molecule has 32 heavy (non-hydrogen) atoms. The van der Waals surface area contributed by atoms with E-state index < -0.39 is 47.4 Å². The Morgan fingerprint density at radius 3 is 2.53 bits per heavy atom. The third kappa shape index (κ3) is 5.59. The van der Waals surface area contributed by atoms with Crippen molar-refractivity contribution in [1.82, 2.24) is 9.55 Å². The summed E-state index contributed by atoms with van der Waals surface area (Å²) < 4.78 is 17.0. The van der Waals surface area contributed by atoms with Crippen LogP contribution in [0.1, 0.15) is 42.4 Å². The van der Waals surface area contributed by atoms with Crippen molar-refractivity contribution in [3.05, 3.63) is 68.5 Å². The zero-order valence-electron chi connectivity index (χ0n) is 17.3. The molecular formula is C22H20N2O8. The summed E-state index contributed by atoms with van der Waals surface area (Å²) in [6.45, 7) is 2.27. The molecule has 10 nitrogen and oxygen atoms in total. The van der Waals surface area contributed by atoms with Crippen LogP contribution in [0, 0.1) is 11.8 Å². The van der Waals surface area contributed by atoms with Gasteiger partial charge in [0.05, 0.1) is 0 Å². The van der Waals surface area contributed by atoms with Crippen LogP contribution in [0.15, 0.2) is 46.1 Å². The summed E-state index contributed by atoms with van der Waals surface area (Å²) in [4.78, 5) is 61.4. The highest BCUT2D eigenvalue weighted by molar-refractivity contribution is 6.09. The minimum atomic E-state index is -0.922. The molecule has 0 spiro atoms. The van der Waals surface area contributed by atoms with Crippen molar-refractivity contribution in [1.29, 1.82) is 0 Å². The van der Waals surface area contributed by atoms with E-state index in [1.54, 1.807) is 30.3 Å². The number of nitrogens with zero attached hydrogens (tertiary/aromatic N) is 1. The normalized spacial score (nSPS) is 19.5. The molecule has 10 heteroatoms. The van der Waals surface area contributed by atoms with Gasteiger partial charge in [-0.15, -0.1) is 0 Å². The Balaban J connectivity index is 1.87. The number of aromatic nitrogens is 2. The minimum absolute atomic E-state index is 0.0767. The first-order valence-corrected chi connectivity index (χ1v) is 9.67. The number of nitrogens with one attached hydrogen (secondary N) is 1. The third-order valence-electron chi connectivity index (χ3n) is 4.57. The molecule has 3 rings (SSSR count). The highest BCUT2D eigenvalue weighted by atomic mass is 16.6. The predicted octanol–water partition coefficient (Wildman–Crippen LogP) is 0.553. The van der Waals surface area contributed by atoms with Crippen molar-refractivity contribution in [3.63, 3.8) is 0 Å². The first-order chi connectivity index (χ1) is 15.2. The maximum atomic E-state index is 12.4. The van der Waals surface area contributed by atoms with E-state index in [2.05, 4.69) is 16.8 Å². The molecular weight excluding hydrogens is 420 g/mol. The van der Waals surface area contributed by atoms with Gasteiger partial charge in [0, 0.05) is 32.0 Å². The molecule has 0 unspecified atom stereocenters. The molecule has 1 fully saturated rings. The monoisotopic (exact) mass is 440 g/mol. The summed E-state index contributed by atoms with van der Waals surface area (Å²) in [5.41, 5.74) is -1.29. The molecule has 0 saturated carbocycles. The van der Waals surface area contributed by atoms with E-state index in [-0.39, 0.29) is 18.6 Å². The van der Waals surface area contributed by atoms with Gasteiger partial charge in [0.1, 0.15) is 30.6 Å². The number of carbonyl (C=O) groups excluding carboxylic acids is 3. The maximum absolute atomic E-state index is 12.4. The number of aromatic amines is 1. The summed E-state index contributed by atoms with van der Waals surface area (Å²) in [5, 5.41) is 0. The molecule has 3 atom stereocenters. The molecule has 0 bridgehead atoms. The summed E-state index contributed by atoms with van der Waals surface area (Å²) in [6, 6.07) is 8.31. The maximum Gasteiger partial charge on any atom is 0.330 e. The van der Waals surface area contributed by atoms with Crippen molar-refractivity contribution in [2.75, 3.05) is 6.61 Å². The lowest BCUT2D eigenvalue weighted by Crippen LogP contribution is -2.34. The number of rotatable bonds is 5. The summed E-state index contributed by atoms with van der Waals surface area (Å²) in [7, 11) is 0. The first-order valence-electron chi connectivity index (χ1n) is 9.67. The van der Waals surface area contributed by atoms with Crippen molar-refractivity contribution in [2.45, 2.75) is 38.7 Å². The fraction of sp³-hybridized carbons (Fsp3) is 0.318. The quantitative estimate of drug-likeness (QED) is 0.405. The van der Waals surface area contributed by atoms with Crippen LogP contribution >= 0.6 is 0 Å². The van der Waals surface area contributed by atoms with E-state index in [9.17, 15) is 24.0 Å². The van der Waals surface area contributed by atoms with Crippen LogP contribution in [-0.2, 0) is 23.8 Å². The summed E-state index contributed by atoms with van der Waals surface area (Å²) in [5.74, 6) is 3.27. The molecule has 0 amide bonds. The van der Waals surface area contributed by atoms with E-state index in [4.69, 9.17) is 14.2 Å². The zero-order chi connectivity index (χ0) is 23.3. The fourth-order valence-corrected chi connectivity index (χ4v) is 3.13. The van der Waals surface area contributed by atoms with Crippen LogP contribution < -0.4 is 11.2 Å². The number of benzene rings is 1. The predicted molar refractivity (Wildman–Crippen MR) is 110 cm³/mol. The highest BCUT2D eigenvalue weighted by Gasteiger charge is 2.39. The fourth-order valence-electron chi connectivity index (χ4n) is 3.13. The average Bonchev–Trinajstić information content (AvgIpc) is 3.13. The Labute approximate surface area is 182 Å². The van der Waals surface area contributed by atoms with Gasteiger partial charge in [-0.05, 0) is 5.92 Å². The van der Waals surface area contributed by atoms with Crippen LogP contribution in [0.2, 0.25) is 0 Å². The Morgan fingerprint density at radius 2 is 1.88 bits per heavy atom. The van der Waals surface area contributed by atoms with Gasteiger partial charge in [-0.2, -0.15) is 0 Å². The first kappa shape index (κ1) is 22.7. The third-order valence-corrected chi connectivity index (χ3v) is 4.57. The van der Waals surface area contributed by atoms with Crippen LogP contribution in [0.3, 0.4) is 0 Å². The topological polar surface area (TPSA) is 134 Å². The molecule has 1 aliphatic heterocycles. The molecule has 1 aromatic carbocycles. The lowest BCUT2D eigenvalue weighted by molar-refractivity contribution is -0.155. The second-order valence-corrected chi connectivity index (χ2v) is 6.97. The number of carbonyl (C=O) groups is 3. The Bertz CT molecular complexity index is 1200. The lowest BCUT2D eigenvalue weighted by atomic mass is 10.1. The van der Waals surface area contributed by atoms with E-state index in [1.807, 2.05) is 0 Å². The number of Topliss-reactive ketones (excluding diaryl/α,β-unsaturated/α-hetero) is 1. The molecule has 0 radical (unpaired) electrons. The van der Waals surface area contributed by atoms with E-state index in [0.29, 0.717) is 5.56 Å². The number of ether oxygens (including phenoxy) is 3. The molecule has 1 saturated heterocycles. The smallest absolute Gasteiger partial charge is 0.330 e. The van der Waals surface area contributed by atoms with Crippen molar-refractivity contribution in [3.8, 4) is 11.8 Å². The second-order valence-electron chi connectivity index (χ2n) is 6.97. The molecule has 1 aliphatic rings. The number of ketones is 1. The summed E-state index contributed by atoms with van der Waals surface area (Å²) >= 11 is 0. The molecule has 0 aliphatic carbocycles. The van der Waals surface area contributed by atoms with Crippen LogP contribution in [-0.4, -0.2) is 46.1 Å². The van der Waals surface area contributed by atoms with Gasteiger partial charge in [-0.3, -0.25) is 28.7 Å². The van der Waals surface area contributed by atoms with E-state index in [0.717, 1.165) is 4.57 Å². The Morgan fingerprint density at radius 1 is 1.16 bits per heavy atom. The van der Waals surface area contributed by atoms with Gasteiger partial charge in [0.15, 0.2) is 0 Å². The van der Waals surface area contributed by atoms with Gasteiger partial charge < -0.3 is 14.2 Å². The van der Waals surface area contributed by atoms with Crippen LogP contribution in [0.5, 0.6) is 0 Å². The Kier molecular flexibility index (Phi) is 7.02. The zero-order valence-corrected chi connectivity index (χ0v) is 17.3. The molecule has 2 heterocycles. The van der Waals surface area contributed by atoms with E-state index in [1.165, 1.54) is 20.0 Å². The highest BCUT2D eigenvalue weighted by Crippen LogP contribution is 2.30. The largest absolute Gasteiger partial charge is 0.463 e. The Hall–Kier alpha value is -3.97. The average molecular weight is 440 g/mol. The van der Waals surface area contributed by atoms with E-state index >= 15 is 0 Å². The second kappa shape index (κ2) is 9.89. The SMILES string of the molecule is CC(=O)OC[C@H]1O[C@@H](n2cc(C#CC(=O)c3ccccc3)c(=O)[nH]c2=O)C[C@@H]1OC(C)=O. The van der Waals surface area contributed by atoms with Gasteiger partial charge >= 0.3 is 17.6 Å². The molecule has 1 N–H and O–H groups in total. The summed E-state index contributed by atoms with van der Waals surface area (Å²) in [6.07, 6.45) is -1.25. The van der Waals surface area contributed by atoms with Gasteiger partial charge in [-0.25, -0.2) is 4.79 Å². The number of esters is 2. The van der Waals surface area contributed by atoms with Crippen LogP contribution in [0.4, 0.5) is 0 Å². The standard InChI is InChI=1S/C22H20N2O8/c1-13(25)30-12-19-18(31-14(2)26)10-20(32-19)24-11-16(21(28)23-22(24)29)8-9-17(27)15-6-4-3-5-7-15/h3-7,11,18-20H,10,12H2,1-2H3,(H,23,28,29)/t18-,19+,20+/m0/s1. The van der Waals surface area contributed by atoms with Gasteiger partial charge in [0.2, 0.25) is 5.78 Å². The molecule has 2 aromatic rings. The minimum Gasteiger partial charge on any atom is -0.463 e. The number of H-pyrrole nitrogens is 1.